The van der Waals surface area contributed by atoms with Crippen molar-refractivity contribution in [2.75, 3.05) is 18.0 Å². The summed E-state index contributed by atoms with van der Waals surface area (Å²) in [7, 11) is 0. The van der Waals surface area contributed by atoms with E-state index in [0.29, 0.717) is 18.5 Å². The van der Waals surface area contributed by atoms with Crippen molar-refractivity contribution in [1.82, 2.24) is 5.32 Å². The third kappa shape index (κ3) is 4.07. The molecule has 5 heteroatoms. The number of nitrogens with two attached hydrogens (primary N) is 1. The molecule has 22 heavy (non-hydrogen) atoms. The molecule has 1 aromatic carbocycles. The molecule has 1 fully saturated rings. The lowest BCUT2D eigenvalue weighted by atomic mass is 10.1. The molecule has 120 valence electrons. The van der Waals surface area contributed by atoms with Crippen molar-refractivity contribution in [2.45, 2.75) is 45.1 Å². The second kappa shape index (κ2) is 7.94. The van der Waals surface area contributed by atoms with E-state index in [1.54, 1.807) is 17.0 Å². The molecule has 1 saturated heterocycles. The van der Waals surface area contributed by atoms with Gasteiger partial charge in [0.2, 0.25) is 5.91 Å². The molecule has 0 radical (unpaired) electrons. The Labute approximate surface area is 131 Å². The highest BCUT2D eigenvalue weighted by atomic mass is 16.2. The topological polar surface area (TPSA) is 75.4 Å². The third-order valence-corrected chi connectivity index (χ3v) is 4.04. The maximum Gasteiger partial charge on any atom is 0.251 e. The van der Waals surface area contributed by atoms with Crippen LogP contribution in [0.4, 0.5) is 5.69 Å². The van der Waals surface area contributed by atoms with Gasteiger partial charge in [-0.15, -0.1) is 0 Å². The number of benzene rings is 1. The Bertz CT molecular complexity index is 513. The van der Waals surface area contributed by atoms with Crippen molar-refractivity contribution >= 4 is 17.5 Å². The van der Waals surface area contributed by atoms with Crippen LogP contribution in [-0.4, -0.2) is 30.9 Å². The van der Waals surface area contributed by atoms with Gasteiger partial charge in [0.25, 0.3) is 5.91 Å². The quantitative estimate of drug-likeness (QED) is 0.809. The van der Waals surface area contributed by atoms with E-state index in [9.17, 15) is 9.59 Å². The Morgan fingerprint density at radius 2 is 2.09 bits per heavy atom. The Kier molecular flexibility index (Phi) is 5.95. The molecular formula is C17H25N3O2. The number of hydrogen-bond acceptors (Lipinski definition) is 3. The van der Waals surface area contributed by atoms with E-state index < -0.39 is 0 Å². The van der Waals surface area contributed by atoms with Crippen LogP contribution < -0.4 is 16.0 Å². The summed E-state index contributed by atoms with van der Waals surface area (Å²) in [4.78, 5) is 25.7. The predicted octanol–water partition coefficient (Wildman–Crippen LogP) is 2.06. The van der Waals surface area contributed by atoms with Gasteiger partial charge in [-0.2, -0.15) is 0 Å². The molecule has 2 rings (SSSR count). The summed E-state index contributed by atoms with van der Waals surface area (Å²) in [5.74, 6) is 0.0471. The summed E-state index contributed by atoms with van der Waals surface area (Å²) in [6, 6.07) is 7.23. The predicted molar refractivity (Wildman–Crippen MR) is 87.9 cm³/mol. The van der Waals surface area contributed by atoms with Crippen LogP contribution >= 0.6 is 0 Å². The highest BCUT2D eigenvalue weighted by molar-refractivity contribution is 5.97. The Morgan fingerprint density at radius 1 is 1.36 bits per heavy atom. The van der Waals surface area contributed by atoms with Crippen LogP contribution in [0.15, 0.2) is 24.3 Å². The maximum atomic E-state index is 12.2. The molecule has 0 bridgehead atoms. The first kappa shape index (κ1) is 16.5. The lowest BCUT2D eigenvalue weighted by Crippen LogP contribution is -2.40. The SMILES string of the molecule is CCCCC(CN)NC(=O)c1ccc(N2CCCC2=O)cc1. The highest BCUT2D eigenvalue weighted by Gasteiger charge is 2.21. The summed E-state index contributed by atoms with van der Waals surface area (Å²) in [5.41, 5.74) is 7.17. The lowest BCUT2D eigenvalue weighted by Gasteiger charge is -2.18. The van der Waals surface area contributed by atoms with Crippen molar-refractivity contribution < 1.29 is 9.59 Å². The standard InChI is InChI=1S/C17H25N3O2/c1-2-3-5-14(12-18)19-17(22)13-7-9-15(10-8-13)20-11-4-6-16(20)21/h7-10,14H,2-6,11-12,18H2,1H3,(H,19,22). The smallest absolute Gasteiger partial charge is 0.251 e. The Morgan fingerprint density at radius 3 is 2.64 bits per heavy atom. The first-order chi connectivity index (χ1) is 10.7. The molecular weight excluding hydrogens is 278 g/mol. The summed E-state index contributed by atoms with van der Waals surface area (Å²) in [6.45, 7) is 3.33. The van der Waals surface area contributed by atoms with Gasteiger partial charge in [-0.1, -0.05) is 19.8 Å². The van der Waals surface area contributed by atoms with Gasteiger partial charge in [-0.05, 0) is 37.1 Å². The minimum absolute atomic E-state index is 0.0206. The van der Waals surface area contributed by atoms with Crippen molar-refractivity contribution in [3.05, 3.63) is 29.8 Å². The number of carbonyl (C=O) groups excluding carboxylic acids is 2. The monoisotopic (exact) mass is 303 g/mol. The van der Waals surface area contributed by atoms with Gasteiger partial charge >= 0.3 is 0 Å². The fraction of sp³-hybridized carbons (Fsp3) is 0.529. The molecule has 0 aromatic heterocycles. The molecule has 1 aliphatic rings. The zero-order valence-corrected chi connectivity index (χ0v) is 13.2. The molecule has 2 amide bonds. The molecule has 0 aliphatic carbocycles. The molecule has 1 heterocycles. The van der Waals surface area contributed by atoms with Gasteiger partial charge in [0.05, 0.1) is 0 Å². The van der Waals surface area contributed by atoms with Crippen LogP contribution in [0.25, 0.3) is 0 Å². The van der Waals surface area contributed by atoms with Crippen molar-refractivity contribution in [1.29, 1.82) is 0 Å². The van der Waals surface area contributed by atoms with Crippen molar-refractivity contribution in [3.63, 3.8) is 0 Å². The highest BCUT2D eigenvalue weighted by Crippen LogP contribution is 2.21. The van der Waals surface area contributed by atoms with Crippen LogP contribution in [0.2, 0.25) is 0 Å². The van der Waals surface area contributed by atoms with Crippen LogP contribution in [0.5, 0.6) is 0 Å². The summed E-state index contributed by atoms with van der Waals surface area (Å²) < 4.78 is 0. The molecule has 1 atom stereocenters. The van der Waals surface area contributed by atoms with Crippen LogP contribution in [-0.2, 0) is 4.79 Å². The van der Waals surface area contributed by atoms with Crippen LogP contribution in [0.3, 0.4) is 0 Å². The number of unbranched alkanes of at least 4 members (excludes halogenated alkanes) is 1. The van der Waals surface area contributed by atoms with Crippen LogP contribution in [0, 0.1) is 0 Å². The van der Waals surface area contributed by atoms with E-state index in [1.165, 1.54) is 0 Å². The Balaban J connectivity index is 1.97. The van der Waals surface area contributed by atoms with Gasteiger partial charge < -0.3 is 16.0 Å². The zero-order valence-electron chi connectivity index (χ0n) is 13.2. The minimum atomic E-state index is -0.106. The van der Waals surface area contributed by atoms with E-state index in [1.807, 2.05) is 12.1 Å². The molecule has 3 N–H and O–H groups in total. The molecule has 1 aromatic rings. The Hall–Kier alpha value is -1.88. The largest absolute Gasteiger partial charge is 0.348 e. The molecule has 1 aliphatic heterocycles. The number of hydrogen-bond donors (Lipinski definition) is 2. The zero-order chi connectivity index (χ0) is 15.9. The van der Waals surface area contributed by atoms with Gasteiger partial charge in [-0.25, -0.2) is 0 Å². The summed E-state index contributed by atoms with van der Waals surface area (Å²) >= 11 is 0. The van der Waals surface area contributed by atoms with Gasteiger partial charge in [0.15, 0.2) is 0 Å². The molecule has 0 saturated carbocycles. The second-order valence-electron chi connectivity index (χ2n) is 5.74. The number of nitrogens with one attached hydrogen (secondary N) is 1. The average Bonchev–Trinajstić information content (AvgIpc) is 2.97. The third-order valence-electron chi connectivity index (χ3n) is 4.04. The first-order valence-corrected chi connectivity index (χ1v) is 8.07. The normalized spacial score (nSPS) is 15.9. The van der Waals surface area contributed by atoms with E-state index in [2.05, 4.69) is 12.2 Å². The first-order valence-electron chi connectivity index (χ1n) is 8.07. The minimum Gasteiger partial charge on any atom is -0.348 e. The number of amides is 2. The van der Waals surface area contributed by atoms with Gasteiger partial charge in [0, 0.05) is 36.8 Å². The second-order valence-corrected chi connectivity index (χ2v) is 5.74. The lowest BCUT2D eigenvalue weighted by molar-refractivity contribution is -0.117. The van der Waals surface area contributed by atoms with Crippen molar-refractivity contribution in [3.8, 4) is 0 Å². The maximum absolute atomic E-state index is 12.2. The number of carbonyl (C=O) groups is 2. The summed E-state index contributed by atoms with van der Waals surface area (Å²) in [6.07, 6.45) is 4.55. The van der Waals surface area contributed by atoms with Gasteiger partial charge in [0.1, 0.15) is 0 Å². The van der Waals surface area contributed by atoms with E-state index in [0.717, 1.165) is 37.9 Å². The number of nitrogens with zero attached hydrogens (tertiary/aromatic N) is 1. The van der Waals surface area contributed by atoms with Crippen LogP contribution in [0.1, 0.15) is 49.4 Å². The van der Waals surface area contributed by atoms with Gasteiger partial charge in [-0.3, -0.25) is 9.59 Å². The number of rotatable bonds is 7. The average molecular weight is 303 g/mol. The van der Waals surface area contributed by atoms with E-state index in [-0.39, 0.29) is 17.9 Å². The van der Waals surface area contributed by atoms with E-state index >= 15 is 0 Å². The fourth-order valence-corrected chi connectivity index (χ4v) is 2.68. The molecule has 5 nitrogen and oxygen atoms in total. The molecule has 1 unspecified atom stereocenters. The fourth-order valence-electron chi connectivity index (χ4n) is 2.68. The van der Waals surface area contributed by atoms with Crippen molar-refractivity contribution in [2.24, 2.45) is 5.73 Å². The van der Waals surface area contributed by atoms with E-state index in [4.69, 9.17) is 5.73 Å². The molecule has 0 spiro atoms. The number of anilines is 1. The summed E-state index contributed by atoms with van der Waals surface area (Å²) in [5, 5.41) is 2.97.